The molecule has 0 fully saturated rings. The molecule has 0 atom stereocenters. The third-order valence-electron chi connectivity index (χ3n) is 4.58. The van der Waals surface area contributed by atoms with Gasteiger partial charge in [0.05, 0.1) is 18.3 Å². The van der Waals surface area contributed by atoms with Gasteiger partial charge in [-0.15, -0.1) is 0 Å². The van der Waals surface area contributed by atoms with E-state index in [9.17, 15) is 0 Å². The van der Waals surface area contributed by atoms with Crippen LogP contribution >= 0.6 is 0 Å². The Bertz CT molecular complexity index is 894. The van der Waals surface area contributed by atoms with Crippen LogP contribution in [0.5, 0.6) is 0 Å². The smallest absolute Gasteiger partial charge is 0.193 e. The zero-order valence-corrected chi connectivity index (χ0v) is 13.6. The van der Waals surface area contributed by atoms with E-state index in [0.29, 0.717) is 12.5 Å². The molecule has 1 aromatic carbocycles. The van der Waals surface area contributed by atoms with Gasteiger partial charge in [0.15, 0.2) is 5.96 Å². The van der Waals surface area contributed by atoms with Gasteiger partial charge in [-0.3, -0.25) is 0 Å². The van der Waals surface area contributed by atoms with E-state index in [1.165, 1.54) is 24.0 Å². The van der Waals surface area contributed by atoms with Gasteiger partial charge >= 0.3 is 0 Å². The fraction of sp³-hybridized carbons (Fsp3) is 0.263. The minimum absolute atomic E-state index is 0.448. The summed E-state index contributed by atoms with van der Waals surface area (Å²) >= 11 is 0. The number of aliphatic imine (C=N–C) groups is 1. The van der Waals surface area contributed by atoms with Crippen LogP contribution in [0.1, 0.15) is 29.5 Å². The van der Waals surface area contributed by atoms with Gasteiger partial charge in [0, 0.05) is 17.4 Å². The van der Waals surface area contributed by atoms with E-state index in [-0.39, 0.29) is 0 Å². The average molecular weight is 319 g/mol. The Kier molecular flexibility index (Phi) is 3.91. The van der Waals surface area contributed by atoms with Crippen molar-refractivity contribution in [3.63, 3.8) is 0 Å². The number of rotatable bonds is 3. The quantitative estimate of drug-likeness (QED) is 0.575. The number of aryl methyl sites for hydroxylation is 1. The van der Waals surface area contributed by atoms with Gasteiger partial charge in [-0.05, 0) is 55.0 Å². The van der Waals surface area contributed by atoms with Gasteiger partial charge < -0.3 is 11.1 Å². The Labute approximate surface area is 141 Å². The summed E-state index contributed by atoms with van der Waals surface area (Å²) in [7, 11) is 0. The zero-order chi connectivity index (χ0) is 16.4. The van der Waals surface area contributed by atoms with Crippen LogP contribution in [-0.4, -0.2) is 15.6 Å². The topological polar surface area (TPSA) is 67.7 Å². The largest absolute Gasteiger partial charge is 0.370 e. The molecule has 4 rings (SSSR count). The maximum absolute atomic E-state index is 6.11. The normalized spacial score (nSPS) is 14.6. The van der Waals surface area contributed by atoms with Crippen molar-refractivity contribution >= 4 is 17.2 Å². The minimum Gasteiger partial charge on any atom is -0.370 e. The first kappa shape index (κ1) is 14.8. The number of benzene rings is 1. The molecular formula is C19H21N5. The zero-order valence-electron chi connectivity index (χ0n) is 13.6. The van der Waals surface area contributed by atoms with Crippen LogP contribution < -0.4 is 11.1 Å². The molecule has 122 valence electrons. The third kappa shape index (κ3) is 2.85. The third-order valence-corrected chi connectivity index (χ3v) is 4.58. The van der Waals surface area contributed by atoms with Crippen molar-refractivity contribution < 1.29 is 0 Å². The molecule has 3 N–H and O–H groups in total. The lowest BCUT2D eigenvalue weighted by molar-refractivity contribution is 0.687. The molecule has 5 heteroatoms. The number of nitrogens with one attached hydrogen (secondary N) is 1. The van der Waals surface area contributed by atoms with E-state index >= 15 is 0 Å². The number of pyridine rings is 1. The summed E-state index contributed by atoms with van der Waals surface area (Å²) in [5.74, 6) is 0.448. The van der Waals surface area contributed by atoms with Crippen LogP contribution in [-0.2, 0) is 19.4 Å². The maximum Gasteiger partial charge on any atom is 0.193 e. The molecule has 0 spiro atoms. The number of nitrogens with two attached hydrogens (primary N) is 1. The van der Waals surface area contributed by atoms with Crippen molar-refractivity contribution in [3.8, 4) is 0 Å². The Hall–Kier alpha value is -2.82. The highest BCUT2D eigenvalue weighted by Gasteiger charge is 2.13. The van der Waals surface area contributed by atoms with Crippen LogP contribution in [0.25, 0.3) is 5.52 Å². The number of hydrogen-bond acceptors (Lipinski definition) is 2. The second kappa shape index (κ2) is 6.35. The van der Waals surface area contributed by atoms with Crippen LogP contribution in [0.4, 0.5) is 5.69 Å². The molecule has 3 aromatic rings. The van der Waals surface area contributed by atoms with E-state index in [1.807, 2.05) is 35.1 Å². The molecule has 0 saturated carbocycles. The molecule has 0 unspecified atom stereocenters. The van der Waals surface area contributed by atoms with Crippen molar-refractivity contribution in [1.82, 2.24) is 9.61 Å². The van der Waals surface area contributed by atoms with Crippen LogP contribution in [0.3, 0.4) is 0 Å². The van der Waals surface area contributed by atoms with Gasteiger partial charge in [-0.1, -0.05) is 18.2 Å². The molecule has 0 aliphatic heterocycles. The molecule has 1 aliphatic rings. The lowest BCUT2D eigenvalue weighted by Crippen LogP contribution is -2.24. The Morgan fingerprint density at radius 3 is 3.04 bits per heavy atom. The molecule has 0 radical (unpaired) electrons. The second-order valence-electron chi connectivity index (χ2n) is 6.18. The molecular weight excluding hydrogens is 298 g/mol. The lowest BCUT2D eigenvalue weighted by Gasteiger charge is -2.19. The first-order chi connectivity index (χ1) is 11.8. The van der Waals surface area contributed by atoms with E-state index in [2.05, 4.69) is 33.6 Å². The standard InChI is InChI=1S/C19H21N5/c20-19(21-12-15-13-22-24-11-4-3-10-18(15)24)23-17-9-5-7-14-6-1-2-8-16(14)17/h3-5,7,9-11,13H,1-2,6,8,12H2,(H3,20,21,23). The summed E-state index contributed by atoms with van der Waals surface area (Å²) in [6.45, 7) is 0.515. The van der Waals surface area contributed by atoms with Crippen molar-refractivity contribution in [2.24, 2.45) is 10.7 Å². The highest BCUT2D eigenvalue weighted by Crippen LogP contribution is 2.27. The number of fused-ring (bicyclic) bond motifs is 2. The van der Waals surface area contributed by atoms with Gasteiger partial charge in [0.2, 0.25) is 0 Å². The molecule has 2 heterocycles. The molecule has 0 amide bonds. The maximum atomic E-state index is 6.11. The number of aromatic nitrogens is 2. The molecule has 1 aliphatic carbocycles. The minimum atomic E-state index is 0.448. The monoisotopic (exact) mass is 319 g/mol. The lowest BCUT2D eigenvalue weighted by atomic mass is 9.90. The Morgan fingerprint density at radius 2 is 2.08 bits per heavy atom. The SMILES string of the molecule is NC(=NCc1cnn2ccccc12)Nc1cccc2c1CCCC2. The second-order valence-corrected chi connectivity index (χ2v) is 6.18. The summed E-state index contributed by atoms with van der Waals surface area (Å²) < 4.78 is 1.85. The van der Waals surface area contributed by atoms with Crippen molar-refractivity contribution in [3.05, 3.63) is 65.5 Å². The van der Waals surface area contributed by atoms with Gasteiger partial charge in [-0.25, -0.2) is 9.51 Å². The first-order valence-corrected chi connectivity index (χ1v) is 8.40. The van der Waals surface area contributed by atoms with Crippen molar-refractivity contribution in [2.75, 3.05) is 5.32 Å². The van der Waals surface area contributed by atoms with Gasteiger partial charge in [0.25, 0.3) is 0 Å². The number of anilines is 1. The van der Waals surface area contributed by atoms with E-state index < -0.39 is 0 Å². The highest BCUT2D eigenvalue weighted by molar-refractivity contribution is 5.93. The molecule has 5 nitrogen and oxygen atoms in total. The molecule has 24 heavy (non-hydrogen) atoms. The van der Waals surface area contributed by atoms with E-state index in [1.54, 1.807) is 0 Å². The van der Waals surface area contributed by atoms with Gasteiger partial charge in [0.1, 0.15) is 0 Å². The summed E-state index contributed by atoms with van der Waals surface area (Å²) in [4.78, 5) is 4.49. The van der Waals surface area contributed by atoms with Crippen LogP contribution in [0.2, 0.25) is 0 Å². The fourth-order valence-electron chi connectivity index (χ4n) is 3.36. The Morgan fingerprint density at radius 1 is 1.17 bits per heavy atom. The summed E-state index contributed by atoms with van der Waals surface area (Å²) in [5, 5.41) is 7.61. The number of nitrogens with zero attached hydrogens (tertiary/aromatic N) is 3. The summed E-state index contributed by atoms with van der Waals surface area (Å²) in [6.07, 6.45) is 8.56. The van der Waals surface area contributed by atoms with E-state index in [4.69, 9.17) is 5.73 Å². The molecule has 2 aromatic heterocycles. The van der Waals surface area contributed by atoms with Gasteiger partial charge in [-0.2, -0.15) is 5.10 Å². The van der Waals surface area contributed by atoms with Crippen molar-refractivity contribution in [1.29, 1.82) is 0 Å². The number of guanidine groups is 1. The van der Waals surface area contributed by atoms with Crippen molar-refractivity contribution in [2.45, 2.75) is 32.2 Å². The predicted octanol–water partition coefficient (Wildman–Crippen LogP) is 3.14. The molecule has 0 saturated heterocycles. The fourth-order valence-corrected chi connectivity index (χ4v) is 3.36. The highest BCUT2D eigenvalue weighted by atomic mass is 15.2. The number of hydrogen-bond donors (Lipinski definition) is 2. The summed E-state index contributed by atoms with van der Waals surface area (Å²) in [6, 6.07) is 12.4. The van der Waals surface area contributed by atoms with Crippen LogP contribution in [0.15, 0.2) is 53.8 Å². The first-order valence-electron chi connectivity index (χ1n) is 8.40. The van der Waals surface area contributed by atoms with E-state index in [0.717, 1.165) is 29.6 Å². The average Bonchev–Trinajstić information content (AvgIpc) is 3.04. The Balaban J connectivity index is 1.52. The predicted molar refractivity (Wildman–Crippen MR) is 97.2 cm³/mol. The molecule has 0 bridgehead atoms. The summed E-state index contributed by atoms with van der Waals surface area (Å²) in [5.41, 5.74) is 12.1. The van der Waals surface area contributed by atoms with Crippen LogP contribution in [0, 0.1) is 0 Å².